The van der Waals surface area contributed by atoms with Crippen molar-refractivity contribution in [1.29, 1.82) is 0 Å². The predicted octanol–water partition coefficient (Wildman–Crippen LogP) is 28.6. The molecule has 1 aliphatic carbocycles. The fourth-order valence-corrected chi connectivity index (χ4v) is 22.0. The summed E-state index contributed by atoms with van der Waals surface area (Å²) in [7, 11) is 0. The number of anilines is 9. The monoisotopic (exact) mass is 1740 g/mol. The van der Waals surface area contributed by atoms with Crippen molar-refractivity contribution in [2.75, 3.05) is 14.7 Å². The van der Waals surface area contributed by atoms with Gasteiger partial charge in [-0.1, -0.05) is 267 Å². The Morgan fingerprint density at radius 2 is 0.474 bits per heavy atom. The molecule has 0 saturated carbocycles. The highest BCUT2D eigenvalue weighted by Gasteiger charge is 2.55. The van der Waals surface area contributed by atoms with E-state index in [1.54, 1.807) is 32.4 Å². The van der Waals surface area contributed by atoms with E-state index in [0.717, 1.165) is 164 Å². The van der Waals surface area contributed by atoms with Gasteiger partial charge in [0.2, 0.25) is 5.95 Å². The first-order valence-electron chi connectivity index (χ1n) is 45.5. The molecule has 10 heterocycles. The lowest BCUT2D eigenvalue weighted by atomic mass is 9.61. The van der Waals surface area contributed by atoms with Crippen LogP contribution >= 0.6 is 0 Å². The molecular formula is C120H85FN12O2. The van der Waals surface area contributed by atoms with Crippen LogP contribution in [0.3, 0.4) is 0 Å². The van der Waals surface area contributed by atoms with E-state index in [2.05, 4.69) is 393 Å². The van der Waals surface area contributed by atoms with Gasteiger partial charge < -0.3 is 24.2 Å². The maximum Gasteiger partial charge on any atom is 0.219 e. The Bertz CT molecular complexity index is 7520. The molecule has 644 valence electrons. The molecule has 26 rings (SSSR count). The molecule has 0 atom stereocenters. The molecule has 135 heavy (non-hydrogen) atoms. The summed E-state index contributed by atoms with van der Waals surface area (Å²) in [5.41, 5.74) is 37.1. The Morgan fingerprint density at radius 3 is 0.793 bits per heavy atom. The predicted molar refractivity (Wildman–Crippen MR) is 534 cm³/mol. The van der Waals surface area contributed by atoms with Crippen LogP contribution in [0.4, 0.5) is 55.6 Å². The third-order valence-corrected chi connectivity index (χ3v) is 27.5. The molecule has 0 unspecified atom stereocenters. The zero-order valence-corrected chi connectivity index (χ0v) is 74.7. The van der Waals surface area contributed by atoms with E-state index < -0.39 is 22.2 Å². The van der Waals surface area contributed by atoms with Crippen molar-refractivity contribution in [3.63, 3.8) is 0 Å². The van der Waals surface area contributed by atoms with Crippen LogP contribution in [0, 0.1) is 47.5 Å². The number of hydrogen-bond donors (Lipinski definition) is 0. The van der Waals surface area contributed by atoms with Crippen molar-refractivity contribution < 1.29 is 13.9 Å². The minimum absolute atomic E-state index is 0.425. The van der Waals surface area contributed by atoms with Gasteiger partial charge in [-0.25, -0.2) is 39.9 Å². The summed E-state index contributed by atoms with van der Waals surface area (Å²) in [6.45, 7) is 11.5. The van der Waals surface area contributed by atoms with Crippen LogP contribution in [0.15, 0.2) is 407 Å². The Labute approximate surface area is 781 Å². The summed E-state index contributed by atoms with van der Waals surface area (Å²) in [6, 6.07) is 134. The smallest absolute Gasteiger partial charge is 0.219 e. The second-order valence-corrected chi connectivity index (χ2v) is 34.9. The summed E-state index contributed by atoms with van der Waals surface area (Å²) >= 11 is 0. The van der Waals surface area contributed by atoms with Crippen LogP contribution < -0.4 is 24.2 Å². The molecule has 15 aromatic carbocycles. The van der Waals surface area contributed by atoms with Crippen LogP contribution in [0.5, 0.6) is 23.0 Å². The minimum Gasteiger partial charge on any atom is -0.457 e. The van der Waals surface area contributed by atoms with Gasteiger partial charge in [-0.3, -0.25) is 4.98 Å². The maximum atomic E-state index is 14.4. The number of benzene rings is 15. The fraction of sp³-hybridized carbons (Fsp3) is 0.0750. The quantitative estimate of drug-likeness (QED) is 0.133. The van der Waals surface area contributed by atoms with Crippen LogP contribution in [0.1, 0.15) is 101 Å². The number of aromatic nitrogens is 9. The van der Waals surface area contributed by atoms with Crippen molar-refractivity contribution in [1.82, 2.24) is 44.9 Å². The normalized spacial score (nSPS) is 13.7. The Hall–Kier alpha value is -17.3. The number of pyridine rings is 1. The van der Waals surface area contributed by atoms with E-state index in [1.165, 1.54) is 62.0 Å². The first-order chi connectivity index (χ1) is 66.4. The number of aryl methyl sites for hydroxylation is 3. The number of fused-ring (bicyclic) bond motifs is 25. The van der Waals surface area contributed by atoms with E-state index in [4.69, 9.17) is 29.4 Å². The molecule has 0 radical (unpaired) electrons. The van der Waals surface area contributed by atoms with Crippen molar-refractivity contribution >= 4 is 51.2 Å². The first-order valence-corrected chi connectivity index (χ1v) is 45.5. The zero-order valence-electron chi connectivity index (χ0n) is 74.7. The van der Waals surface area contributed by atoms with E-state index in [0.29, 0.717) is 22.9 Å². The number of nitrogens with zero attached hydrogens (tertiary/aromatic N) is 12. The lowest BCUT2D eigenvalue weighted by molar-refractivity contribution is 0.434. The van der Waals surface area contributed by atoms with E-state index in [-0.39, 0.29) is 0 Å². The number of para-hydroxylation sites is 10. The van der Waals surface area contributed by atoms with Gasteiger partial charge in [0.25, 0.3) is 0 Å². The number of rotatable bonds is 8. The second-order valence-electron chi connectivity index (χ2n) is 34.9. The van der Waals surface area contributed by atoms with Crippen molar-refractivity contribution in [3.05, 3.63) is 514 Å². The summed E-state index contributed by atoms with van der Waals surface area (Å²) in [5.74, 6) is 4.91. The van der Waals surface area contributed by atoms with Crippen LogP contribution in [0.25, 0.3) is 67.4 Å². The summed E-state index contributed by atoms with van der Waals surface area (Å²) in [6.07, 6.45) is 8.76. The molecule has 0 amide bonds. The fourth-order valence-electron chi connectivity index (χ4n) is 22.0. The van der Waals surface area contributed by atoms with Crippen molar-refractivity contribution in [2.24, 2.45) is 0 Å². The third kappa shape index (κ3) is 12.6. The number of halogens is 1. The number of ether oxygens (including phenoxy) is 2. The molecule has 6 aliphatic rings. The topological polar surface area (TPSA) is 144 Å². The van der Waals surface area contributed by atoms with Crippen LogP contribution in [-0.2, 0) is 16.2 Å². The molecule has 0 fully saturated rings. The average Bonchev–Trinajstić information content (AvgIpc) is 1.39. The Kier molecular flexibility index (Phi) is 19.4. The molecule has 14 nitrogen and oxygen atoms in total. The van der Waals surface area contributed by atoms with Gasteiger partial charge in [0.05, 0.1) is 78.8 Å². The average molecular weight is 1750 g/mol. The molecular weight excluding hydrogens is 1660 g/mol. The van der Waals surface area contributed by atoms with E-state index in [9.17, 15) is 4.39 Å². The van der Waals surface area contributed by atoms with E-state index >= 15 is 0 Å². The van der Waals surface area contributed by atoms with Crippen molar-refractivity contribution in [2.45, 2.75) is 57.8 Å². The largest absolute Gasteiger partial charge is 0.457 e. The molecule has 3 spiro atoms. The van der Waals surface area contributed by atoms with Crippen molar-refractivity contribution in [3.8, 4) is 90.4 Å². The molecule has 15 heteroatoms. The van der Waals surface area contributed by atoms with Crippen LogP contribution in [0.2, 0.25) is 0 Å². The first kappa shape index (κ1) is 81.0. The molecule has 0 saturated heterocycles. The van der Waals surface area contributed by atoms with Gasteiger partial charge in [0, 0.05) is 109 Å². The molecule has 20 aromatic rings. The highest BCUT2D eigenvalue weighted by molar-refractivity contribution is 5.98. The van der Waals surface area contributed by atoms with Gasteiger partial charge in [-0.05, 0) is 206 Å². The van der Waals surface area contributed by atoms with Gasteiger partial charge in [-0.2, -0.15) is 4.39 Å². The summed E-state index contributed by atoms with van der Waals surface area (Å²) < 4.78 is 27.5. The highest BCUT2D eigenvalue weighted by Crippen LogP contribution is 2.67. The number of hydrogen-bond acceptors (Lipinski definition) is 14. The molecule has 5 aromatic heterocycles. The van der Waals surface area contributed by atoms with E-state index in [1.807, 2.05) is 56.4 Å². The second kappa shape index (κ2) is 32.4. The standard InChI is InChI=1S/C42H30N4O.C41H29N5O.C37H26FN3/c1-27-40(44-28(2)45-41(27)30-12-11-25-43-26-30)29-21-23-31(24-22-29)46-36-17-7-3-13-32(36)42(33-14-4-8-18-37(33)46)34-15-5-9-19-38(34)47-39-20-10-6-16-35(39)42;1-26-39(44-27(2)45-40(26)29-23-42-25-43-24-29)28-19-21-30(22-20-28)46-35-15-7-3-11-31(35)41(32-12-4-8-16-36(32)46)33-13-5-9-17-37(33)47-38-18-10-6-14-34(38)41;1-23-35(39-24(2)40-36(23)38)25-19-21-26(22-20-25)41-33-17-9-7-15-31(33)37(32-16-8-10-18-34(32)41)29-13-5-3-11-27(29)28-12-4-6-14-30(28)37/h3-26H,1-2H3;3-25H,1-2H3;3-22H,1-2H3. The lowest BCUT2D eigenvalue weighted by Gasteiger charge is -2.48. The molecule has 0 N–H and O–H groups in total. The Balaban J connectivity index is 0.000000111. The summed E-state index contributed by atoms with van der Waals surface area (Å²) in [5, 5.41) is 0. The maximum absolute atomic E-state index is 14.4. The summed E-state index contributed by atoms with van der Waals surface area (Å²) in [4.78, 5) is 47.5. The lowest BCUT2D eigenvalue weighted by Crippen LogP contribution is -2.39. The highest BCUT2D eigenvalue weighted by atomic mass is 19.1. The Morgan fingerprint density at radius 1 is 0.222 bits per heavy atom. The zero-order chi connectivity index (χ0) is 90.8. The SMILES string of the molecule is Cc1nc(-c2ccc(N3c4ccccc4C4(c5ccccc5Oc5ccccc54)c4ccccc43)cc2)c(C)c(-c2cccnc2)n1.Cc1nc(-c2ccc(N3c4ccccc4C4(c5ccccc5Oc5ccccc54)c4ccccc43)cc2)c(C)c(-c2cncnc2)n1.Cc1nc(F)c(C)c(-c2ccc(N3c4ccccc4C4(c5ccccc5-c5ccccc54)c4ccccc43)cc2)n1. The van der Waals surface area contributed by atoms with Gasteiger partial charge in [0.1, 0.15) is 46.8 Å². The van der Waals surface area contributed by atoms with Crippen LogP contribution in [-0.4, -0.2) is 44.9 Å². The molecule has 5 aliphatic heterocycles. The third-order valence-electron chi connectivity index (χ3n) is 27.5. The molecule has 0 bridgehead atoms. The minimum atomic E-state index is -0.553. The van der Waals surface area contributed by atoms with Gasteiger partial charge in [-0.15, -0.1) is 0 Å². The van der Waals surface area contributed by atoms with Gasteiger partial charge >= 0.3 is 0 Å². The van der Waals surface area contributed by atoms with Gasteiger partial charge in [0.15, 0.2) is 0 Å².